The number of carbonyl (C=O) groups excluding carboxylic acids is 1. The number of rotatable bonds is 11. The number of carbonyl (C=O) groups is 1. The number of hydrogen-bond donors (Lipinski definition) is 0. The van der Waals surface area contributed by atoms with Gasteiger partial charge in [0.1, 0.15) is 5.82 Å². The molecule has 0 aliphatic carbocycles. The van der Waals surface area contributed by atoms with Gasteiger partial charge in [-0.3, -0.25) is 0 Å². The Hall–Kier alpha value is -2.34. The Morgan fingerprint density at radius 1 is 0.811 bits per heavy atom. The molecule has 0 saturated heterocycles. The van der Waals surface area contributed by atoms with Crippen molar-refractivity contribution in [3.05, 3.63) is 90.7 Å². The minimum absolute atomic E-state index is 0.190. The molecule has 37 heavy (non-hydrogen) atoms. The van der Waals surface area contributed by atoms with E-state index in [-0.39, 0.29) is 23.3 Å². The Kier molecular flexibility index (Phi) is 12.7. The lowest BCUT2D eigenvalue weighted by atomic mass is 10.2. The molecule has 0 amide bonds. The van der Waals surface area contributed by atoms with Crippen LogP contribution in [0.2, 0.25) is 0 Å². The van der Waals surface area contributed by atoms with Crippen molar-refractivity contribution >= 4 is 42.9 Å². The van der Waals surface area contributed by atoms with Gasteiger partial charge in [0.2, 0.25) is 0 Å². The molecule has 0 radical (unpaired) electrons. The molecule has 5 nitrogen and oxygen atoms in total. The Bertz CT molecular complexity index is 1160. The monoisotopic (exact) mass is 618 g/mol. The molecule has 3 rings (SSSR count). The topological polar surface area (TPSA) is 83.5 Å². The Labute approximate surface area is 226 Å². The van der Waals surface area contributed by atoms with Crippen LogP contribution in [0.3, 0.4) is 0 Å². The normalized spacial score (nSPS) is 11.5. The average molecular weight is 620 g/mol. The van der Waals surface area contributed by atoms with Crippen LogP contribution >= 0.6 is 15.9 Å². The van der Waals surface area contributed by atoms with E-state index >= 15 is 0 Å². The number of hydrogen-bond acceptors (Lipinski definition) is 5. The van der Waals surface area contributed by atoms with E-state index < -0.39 is 21.3 Å². The van der Waals surface area contributed by atoms with Gasteiger partial charge in [0, 0.05) is 5.33 Å². The summed E-state index contributed by atoms with van der Waals surface area (Å²) in [5.74, 6) is -2.51. The summed E-state index contributed by atoms with van der Waals surface area (Å²) in [5, 5.41) is -4.19. The molecule has 3 aromatic carbocycles. The van der Waals surface area contributed by atoms with Gasteiger partial charge in [0.15, 0.2) is 24.8 Å². The molecule has 0 aliphatic rings. The summed E-state index contributed by atoms with van der Waals surface area (Å²) >= 11 is 3.20. The van der Waals surface area contributed by atoms with Crippen LogP contribution in [0.25, 0.3) is 0 Å². The standard InChI is InChI=1S/C18H14FS.C8H13BrF2O5S/c19-15-11-13-18(14-12-15)20(16-7-3-1-4-8-16)17-9-5-2-6-10-17;9-5-3-1-2-4-6-16-7(12)8(10,11)17(13,14)15/h1-14H;1-6H2,(H,13,14,15)/q+1;/p-1. The van der Waals surface area contributed by atoms with E-state index in [9.17, 15) is 30.9 Å². The molecule has 0 heterocycles. The van der Waals surface area contributed by atoms with Gasteiger partial charge in [-0.25, -0.2) is 17.6 Å². The van der Waals surface area contributed by atoms with Gasteiger partial charge in [-0.2, -0.15) is 8.78 Å². The molecule has 0 aliphatic heterocycles. The number of esters is 1. The fourth-order valence-electron chi connectivity index (χ4n) is 2.99. The first-order chi connectivity index (χ1) is 17.6. The molecular formula is C26H26BrF3O5S2. The van der Waals surface area contributed by atoms with Crippen molar-refractivity contribution in [3.63, 3.8) is 0 Å². The van der Waals surface area contributed by atoms with Crippen molar-refractivity contribution in [2.75, 3.05) is 11.9 Å². The Balaban J connectivity index is 0.000000265. The highest BCUT2D eigenvalue weighted by Gasteiger charge is 2.48. The highest BCUT2D eigenvalue weighted by atomic mass is 79.9. The molecule has 0 bridgehead atoms. The highest BCUT2D eigenvalue weighted by Crippen LogP contribution is 2.30. The molecular weight excluding hydrogens is 593 g/mol. The second-order valence-electron chi connectivity index (χ2n) is 7.60. The maximum atomic E-state index is 13.2. The SMILES string of the molecule is Fc1ccc([S+](c2ccccc2)c2ccccc2)cc1.O=C(OCCCCCCBr)C(F)(F)S(=O)(=O)[O-]. The van der Waals surface area contributed by atoms with E-state index in [1.807, 2.05) is 48.5 Å². The third-order valence-electron chi connectivity index (χ3n) is 4.82. The van der Waals surface area contributed by atoms with Crippen LogP contribution in [-0.2, 0) is 30.5 Å². The summed E-state index contributed by atoms with van der Waals surface area (Å²) < 4.78 is 72.5. The maximum absolute atomic E-state index is 13.2. The lowest BCUT2D eigenvalue weighted by Gasteiger charge is -2.17. The smallest absolute Gasteiger partial charge is 0.428 e. The van der Waals surface area contributed by atoms with E-state index in [0.29, 0.717) is 12.8 Å². The van der Waals surface area contributed by atoms with Crippen molar-refractivity contribution in [3.8, 4) is 0 Å². The third kappa shape index (κ3) is 9.81. The van der Waals surface area contributed by atoms with Crippen molar-refractivity contribution in [2.45, 2.75) is 45.6 Å². The van der Waals surface area contributed by atoms with E-state index in [1.165, 1.54) is 21.9 Å². The lowest BCUT2D eigenvalue weighted by molar-refractivity contribution is -0.161. The fraction of sp³-hybridized carbons (Fsp3) is 0.269. The van der Waals surface area contributed by atoms with Crippen molar-refractivity contribution in [1.29, 1.82) is 0 Å². The Morgan fingerprint density at radius 3 is 1.73 bits per heavy atom. The van der Waals surface area contributed by atoms with Crippen molar-refractivity contribution in [1.82, 2.24) is 0 Å². The minimum atomic E-state index is -6.02. The van der Waals surface area contributed by atoms with Crippen molar-refractivity contribution < 1.29 is 35.7 Å². The van der Waals surface area contributed by atoms with Gasteiger partial charge in [-0.05, 0) is 61.4 Å². The van der Waals surface area contributed by atoms with Gasteiger partial charge in [0.05, 0.1) is 17.5 Å². The van der Waals surface area contributed by atoms with Crippen LogP contribution in [0.5, 0.6) is 0 Å². The van der Waals surface area contributed by atoms with Crippen LogP contribution in [0, 0.1) is 5.82 Å². The molecule has 11 heteroatoms. The van der Waals surface area contributed by atoms with Crippen LogP contribution in [0.15, 0.2) is 99.6 Å². The molecule has 0 fully saturated rings. The third-order valence-corrected chi connectivity index (χ3v) is 8.41. The summed E-state index contributed by atoms with van der Waals surface area (Å²) in [5.41, 5.74) is 0. The number of halogens is 4. The summed E-state index contributed by atoms with van der Waals surface area (Å²) in [6.07, 6.45) is 2.74. The van der Waals surface area contributed by atoms with E-state index in [1.54, 1.807) is 0 Å². The van der Waals surface area contributed by atoms with Crippen LogP contribution in [0.4, 0.5) is 13.2 Å². The first-order valence-corrected chi connectivity index (χ1v) is 15.0. The number of alkyl halides is 3. The quantitative estimate of drug-likeness (QED) is 0.0800. The first-order valence-electron chi connectivity index (χ1n) is 11.2. The van der Waals surface area contributed by atoms with Crippen LogP contribution < -0.4 is 0 Å². The molecule has 0 atom stereocenters. The predicted octanol–water partition coefficient (Wildman–Crippen LogP) is 6.54. The van der Waals surface area contributed by atoms with Gasteiger partial charge < -0.3 is 9.29 Å². The van der Waals surface area contributed by atoms with Crippen LogP contribution in [-0.4, -0.2) is 36.1 Å². The summed E-state index contributed by atoms with van der Waals surface area (Å²) in [6, 6.07) is 27.5. The average Bonchev–Trinajstić information content (AvgIpc) is 2.88. The van der Waals surface area contributed by atoms with Crippen molar-refractivity contribution in [2.24, 2.45) is 0 Å². The molecule has 200 valence electrons. The zero-order valence-electron chi connectivity index (χ0n) is 19.7. The van der Waals surface area contributed by atoms with Gasteiger partial charge in [-0.1, -0.05) is 65.2 Å². The molecule has 0 saturated carbocycles. The molecule has 0 aromatic heterocycles. The molecule has 0 unspecified atom stereocenters. The first kappa shape index (κ1) is 30.9. The zero-order chi connectivity index (χ0) is 27.3. The summed E-state index contributed by atoms with van der Waals surface area (Å²) in [7, 11) is -6.21. The number of benzene rings is 3. The number of ether oxygens (including phenoxy) is 1. The fourth-order valence-corrected chi connectivity index (χ4v) is 5.74. The molecule has 3 aromatic rings. The van der Waals surface area contributed by atoms with Gasteiger partial charge >= 0.3 is 11.2 Å². The zero-order valence-corrected chi connectivity index (χ0v) is 22.9. The maximum Gasteiger partial charge on any atom is 0.428 e. The highest BCUT2D eigenvalue weighted by molar-refractivity contribution is 9.09. The number of unbranched alkanes of at least 4 members (excludes halogenated alkanes) is 3. The molecule has 0 spiro atoms. The predicted molar refractivity (Wildman–Crippen MR) is 139 cm³/mol. The van der Waals surface area contributed by atoms with E-state index in [4.69, 9.17) is 0 Å². The van der Waals surface area contributed by atoms with Gasteiger partial charge in [-0.15, -0.1) is 0 Å². The van der Waals surface area contributed by atoms with Gasteiger partial charge in [0.25, 0.3) is 0 Å². The second-order valence-corrected chi connectivity index (χ2v) is 11.8. The second kappa shape index (κ2) is 15.2. The summed E-state index contributed by atoms with van der Waals surface area (Å²) in [4.78, 5) is 14.3. The largest absolute Gasteiger partial charge is 0.743 e. The molecule has 0 N–H and O–H groups in total. The van der Waals surface area contributed by atoms with Crippen LogP contribution in [0.1, 0.15) is 25.7 Å². The van der Waals surface area contributed by atoms with E-state index in [2.05, 4.69) is 44.9 Å². The minimum Gasteiger partial charge on any atom is -0.743 e. The Morgan fingerprint density at radius 2 is 1.27 bits per heavy atom. The summed E-state index contributed by atoms with van der Waals surface area (Å²) in [6.45, 7) is -0.327. The van der Waals surface area contributed by atoms with E-state index in [0.717, 1.165) is 23.1 Å². The lowest BCUT2D eigenvalue weighted by Crippen LogP contribution is -2.39.